The molecule has 1 N–H and O–H groups in total. The van der Waals surface area contributed by atoms with Crippen LogP contribution in [-0.4, -0.2) is 18.2 Å². The third-order valence-electron chi connectivity index (χ3n) is 3.43. The van der Waals surface area contributed by atoms with Crippen LogP contribution in [0.25, 0.3) is 0 Å². The molecule has 5 heteroatoms. The van der Waals surface area contributed by atoms with Crippen LogP contribution in [0, 0.1) is 6.92 Å². The molecule has 0 fully saturated rings. The Labute approximate surface area is 130 Å². The summed E-state index contributed by atoms with van der Waals surface area (Å²) in [5.41, 5.74) is 1.85. The second kappa shape index (κ2) is 6.22. The molecule has 0 aliphatic carbocycles. The number of methoxy groups -OCH3 is 1. The average Bonchev–Trinajstić information content (AvgIpc) is 2.87. The Bertz CT molecular complexity index is 669. The summed E-state index contributed by atoms with van der Waals surface area (Å²) in [6, 6.07) is 7.60. The van der Waals surface area contributed by atoms with Crippen molar-refractivity contribution < 1.29 is 14.1 Å². The number of benzene rings is 1. The van der Waals surface area contributed by atoms with Gasteiger partial charge in [-0.1, -0.05) is 44.1 Å². The highest BCUT2D eigenvalue weighted by Crippen LogP contribution is 2.27. The molecule has 0 atom stereocenters. The maximum atomic E-state index is 12.5. The first-order chi connectivity index (χ1) is 10.3. The van der Waals surface area contributed by atoms with Crippen LogP contribution in [0.3, 0.4) is 0 Å². The number of para-hydroxylation sites is 1. The van der Waals surface area contributed by atoms with Gasteiger partial charge >= 0.3 is 0 Å². The third kappa shape index (κ3) is 3.30. The molecule has 1 aromatic carbocycles. The fourth-order valence-corrected chi connectivity index (χ4v) is 2.26. The predicted octanol–water partition coefficient (Wildman–Crippen LogP) is 3.22. The zero-order chi connectivity index (χ0) is 16.3. The number of hydrogen-bond acceptors (Lipinski definition) is 4. The molecule has 118 valence electrons. The van der Waals surface area contributed by atoms with E-state index in [1.807, 2.05) is 45.0 Å². The predicted molar refractivity (Wildman–Crippen MR) is 84.1 cm³/mol. The van der Waals surface area contributed by atoms with E-state index in [-0.39, 0.29) is 11.3 Å². The Morgan fingerprint density at radius 1 is 1.32 bits per heavy atom. The lowest BCUT2D eigenvalue weighted by Gasteiger charge is -2.16. The zero-order valence-corrected chi connectivity index (χ0v) is 13.7. The Morgan fingerprint density at radius 3 is 2.64 bits per heavy atom. The normalized spacial score (nSPS) is 11.3. The van der Waals surface area contributed by atoms with Crippen LogP contribution in [0.15, 0.2) is 28.8 Å². The second-order valence-corrected chi connectivity index (χ2v) is 6.21. The fraction of sp³-hybridized carbons (Fsp3) is 0.412. The molecular formula is C17H22N2O3. The minimum absolute atomic E-state index is 0.186. The molecule has 1 aromatic heterocycles. The van der Waals surface area contributed by atoms with Crippen molar-refractivity contribution in [3.63, 3.8) is 0 Å². The molecule has 1 amide bonds. The molecule has 0 radical (unpaired) electrons. The Morgan fingerprint density at radius 2 is 2.00 bits per heavy atom. The number of hydrogen-bond donors (Lipinski definition) is 1. The molecule has 0 aliphatic heterocycles. The minimum Gasteiger partial charge on any atom is -0.496 e. The van der Waals surface area contributed by atoms with Crippen molar-refractivity contribution >= 4 is 5.91 Å². The smallest absolute Gasteiger partial charge is 0.257 e. The number of ether oxygens (including phenoxy) is 1. The molecule has 0 spiro atoms. The Hall–Kier alpha value is -2.30. The second-order valence-electron chi connectivity index (χ2n) is 6.21. The van der Waals surface area contributed by atoms with Gasteiger partial charge in [-0.3, -0.25) is 4.79 Å². The summed E-state index contributed by atoms with van der Waals surface area (Å²) < 4.78 is 10.5. The monoisotopic (exact) mass is 302 g/mol. The third-order valence-corrected chi connectivity index (χ3v) is 3.43. The van der Waals surface area contributed by atoms with Gasteiger partial charge in [-0.25, -0.2) is 0 Å². The van der Waals surface area contributed by atoms with E-state index in [1.54, 1.807) is 14.0 Å². The largest absolute Gasteiger partial charge is 0.496 e. The van der Waals surface area contributed by atoms with Crippen molar-refractivity contribution in [2.45, 2.75) is 39.7 Å². The van der Waals surface area contributed by atoms with Crippen molar-refractivity contribution in [2.24, 2.45) is 0 Å². The first kappa shape index (κ1) is 16.1. The maximum absolute atomic E-state index is 12.5. The van der Waals surface area contributed by atoms with E-state index in [0.29, 0.717) is 23.6 Å². The van der Waals surface area contributed by atoms with Crippen LogP contribution in [0.4, 0.5) is 0 Å². The van der Waals surface area contributed by atoms with E-state index >= 15 is 0 Å². The summed E-state index contributed by atoms with van der Waals surface area (Å²) in [6.45, 7) is 8.14. The van der Waals surface area contributed by atoms with Gasteiger partial charge in [-0.15, -0.1) is 0 Å². The van der Waals surface area contributed by atoms with Crippen LogP contribution in [0.1, 0.15) is 48.1 Å². The molecule has 1 heterocycles. The van der Waals surface area contributed by atoms with E-state index in [4.69, 9.17) is 9.26 Å². The maximum Gasteiger partial charge on any atom is 0.257 e. The number of nitrogens with zero attached hydrogens (tertiary/aromatic N) is 1. The SMILES string of the molecule is COc1ccccc1CNC(=O)c1c(C(C)(C)C)noc1C. The molecule has 0 saturated heterocycles. The van der Waals surface area contributed by atoms with Gasteiger partial charge < -0.3 is 14.6 Å². The quantitative estimate of drug-likeness (QED) is 0.942. The molecule has 0 aliphatic rings. The molecule has 2 rings (SSSR count). The van der Waals surface area contributed by atoms with Gasteiger partial charge in [0.2, 0.25) is 0 Å². The van der Waals surface area contributed by atoms with Crippen molar-refractivity contribution in [3.8, 4) is 5.75 Å². The number of aromatic nitrogens is 1. The van der Waals surface area contributed by atoms with Crippen molar-refractivity contribution in [2.75, 3.05) is 7.11 Å². The van der Waals surface area contributed by atoms with Gasteiger partial charge in [0.15, 0.2) is 0 Å². The zero-order valence-electron chi connectivity index (χ0n) is 13.7. The molecule has 0 saturated carbocycles. The van der Waals surface area contributed by atoms with Gasteiger partial charge in [0.05, 0.1) is 7.11 Å². The van der Waals surface area contributed by atoms with Crippen LogP contribution in [0.5, 0.6) is 5.75 Å². The number of aryl methyl sites for hydroxylation is 1. The van der Waals surface area contributed by atoms with Crippen LogP contribution in [0.2, 0.25) is 0 Å². The highest BCUT2D eigenvalue weighted by atomic mass is 16.5. The van der Waals surface area contributed by atoms with Crippen LogP contribution < -0.4 is 10.1 Å². The topological polar surface area (TPSA) is 64.4 Å². The fourth-order valence-electron chi connectivity index (χ4n) is 2.26. The van der Waals surface area contributed by atoms with Crippen LogP contribution in [-0.2, 0) is 12.0 Å². The standard InChI is InChI=1S/C17H22N2O3/c1-11-14(15(19-22-11)17(2,3)4)16(20)18-10-12-8-6-7-9-13(12)21-5/h6-9H,10H2,1-5H3,(H,18,20). The highest BCUT2D eigenvalue weighted by Gasteiger charge is 2.28. The number of amides is 1. The lowest BCUT2D eigenvalue weighted by molar-refractivity contribution is 0.0947. The van der Waals surface area contributed by atoms with Crippen LogP contribution >= 0.6 is 0 Å². The molecular weight excluding hydrogens is 280 g/mol. The number of carbonyl (C=O) groups excluding carboxylic acids is 1. The van der Waals surface area contributed by atoms with E-state index in [2.05, 4.69) is 10.5 Å². The Kier molecular flexibility index (Phi) is 4.54. The average molecular weight is 302 g/mol. The summed E-state index contributed by atoms with van der Waals surface area (Å²) in [4.78, 5) is 12.5. The molecule has 0 unspecified atom stereocenters. The van der Waals surface area contributed by atoms with Gasteiger partial charge in [-0.2, -0.15) is 0 Å². The number of rotatable bonds is 4. The van der Waals surface area contributed by atoms with Crippen molar-refractivity contribution in [3.05, 3.63) is 46.8 Å². The van der Waals surface area contributed by atoms with Gasteiger partial charge in [0.1, 0.15) is 22.8 Å². The Balaban J connectivity index is 2.19. The lowest BCUT2D eigenvalue weighted by Crippen LogP contribution is -2.27. The van der Waals surface area contributed by atoms with Gasteiger partial charge in [0, 0.05) is 17.5 Å². The summed E-state index contributed by atoms with van der Waals surface area (Å²) in [5, 5.41) is 6.95. The number of carbonyl (C=O) groups is 1. The lowest BCUT2D eigenvalue weighted by atomic mass is 9.88. The van der Waals surface area contributed by atoms with E-state index in [1.165, 1.54) is 0 Å². The summed E-state index contributed by atoms with van der Waals surface area (Å²) in [7, 11) is 1.61. The van der Waals surface area contributed by atoms with Crippen molar-refractivity contribution in [1.82, 2.24) is 10.5 Å². The van der Waals surface area contributed by atoms with Crippen molar-refractivity contribution in [1.29, 1.82) is 0 Å². The molecule has 22 heavy (non-hydrogen) atoms. The molecule has 2 aromatic rings. The highest BCUT2D eigenvalue weighted by molar-refractivity contribution is 5.96. The van der Waals surface area contributed by atoms with Gasteiger partial charge in [0.25, 0.3) is 5.91 Å². The van der Waals surface area contributed by atoms with E-state index < -0.39 is 0 Å². The van der Waals surface area contributed by atoms with E-state index in [0.717, 1.165) is 11.3 Å². The van der Waals surface area contributed by atoms with Gasteiger partial charge in [-0.05, 0) is 13.0 Å². The minimum atomic E-state index is -0.255. The summed E-state index contributed by atoms with van der Waals surface area (Å²) in [6.07, 6.45) is 0. The summed E-state index contributed by atoms with van der Waals surface area (Å²) >= 11 is 0. The molecule has 0 bridgehead atoms. The van der Waals surface area contributed by atoms with E-state index in [9.17, 15) is 4.79 Å². The summed E-state index contributed by atoms with van der Waals surface area (Å²) in [5.74, 6) is 1.10. The first-order valence-corrected chi connectivity index (χ1v) is 7.21. The first-order valence-electron chi connectivity index (χ1n) is 7.21. The molecule has 5 nitrogen and oxygen atoms in total. The number of nitrogens with one attached hydrogen (secondary N) is 1.